The van der Waals surface area contributed by atoms with Crippen LogP contribution in [0.4, 0.5) is 0 Å². The van der Waals surface area contributed by atoms with Crippen molar-refractivity contribution >= 4 is 33.2 Å². The number of aryl methyl sites for hydroxylation is 1. The van der Waals surface area contributed by atoms with Crippen molar-refractivity contribution in [1.29, 1.82) is 0 Å². The van der Waals surface area contributed by atoms with Gasteiger partial charge < -0.3 is 9.30 Å². The Hall–Kier alpha value is -2.80. The van der Waals surface area contributed by atoms with Crippen LogP contribution in [-0.2, 0) is 11.3 Å². The van der Waals surface area contributed by atoms with E-state index < -0.39 is 0 Å². The Morgan fingerprint density at radius 3 is 2.62 bits per heavy atom. The van der Waals surface area contributed by atoms with Gasteiger partial charge in [-0.15, -0.1) is 0 Å². The Labute approximate surface area is 168 Å². The van der Waals surface area contributed by atoms with Gasteiger partial charge in [0.2, 0.25) is 0 Å². The predicted molar refractivity (Wildman–Crippen MR) is 113 cm³/mol. The molecule has 29 heavy (non-hydrogen) atoms. The summed E-state index contributed by atoms with van der Waals surface area (Å²) < 4.78 is 9.70. The number of fused-ring (bicyclic) bond motifs is 4. The van der Waals surface area contributed by atoms with E-state index in [1.165, 1.54) is 0 Å². The molecule has 4 aromatic rings. The van der Waals surface area contributed by atoms with E-state index in [0.717, 1.165) is 42.7 Å². The van der Waals surface area contributed by atoms with Crippen molar-refractivity contribution in [2.75, 3.05) is 6.61 Å². The molecule has 150 valence electrons. The molecule has 7 heteroatoms. The molecule has 0 bridgehead atoms. The van der Waals surface area contributed by atoms with Gasteiger partial charge in [0.25, 0.3) is 5.56 Å². The van der Waals surface area contributed by atoms with Crippen LogP contribution >= 0.6 is 0 Å². The molecule has 0 unspecified atom stereocenters. The zero-order chi connectivity index (χ0) is 20.1. The van der Waals surface area contributed by atoms with Gasteiger partial charge in [-0.05, 0) is 45.2 Å². The molecule has 2 atom stereocenters. The largest absolute Gasteiger partial charge is 0.376 e. The molecule has 0 radical (unpaired) electrons. The molecule has 1 aliphatic rings. The van der Waals surface area contributed by atoms with Crippen molar-refractivity contribution in [2.45, 2.75) is 58.7 Å². The molecule has 5 rings (SSSR count). The molecule has 4 heterocycles. The number of hydrogen-bond donors (Lipinski definition) is 0. The van der Waals surface area contributed by atoms with E-state index in [1.807, 2.05) is 35.8 Å². The first-order valence-electron chi connectivity index (χ1n) is 10.4. The first-order chi connectivity index (χ1) is 14.1. The minimum absolute atomic E-state index is 0.0393. The van der Waals surface area contributed by atoms with Gasteiger partial charge in [-0.1, -0.05) is 19.1 Å². The Balaban J connectivity index is 1.89. The fourth-order valence-corrected chi connectivity index (χ4v) is 4.34. The highest BCUT2D eigenvalue weighted by molar-refractivity contribution is 6.04. The van der Waals surface area contributed by atoms with Crippen LogP contribution in [0.5, 0.6) is 0 Å². The van der Waals surface area contributed by atoms with E-state index in [-0.39, 0.29) is 17.7 Å². The van der Waals surface area contributed by atoms with Gasteiger partial charge >= 0.3 is 0 Å². The van der Waals surface area contributed by atoms with Crippen molar-refractivity contribution in [2.24, 2.45) is 0 Å². The average Bonchev–Trinajstić information content (AvgIpc) is 3.33. The molecule has 7 nitrogen and oxygen atoms in total. The Bertz CT molecular complexity index is 1280. The highest BCUT2D eigenvalue weighted by Gasteiger charge is 2.25. The van der Waals surface area contributed by atoms with Gasteiger partial charge in [-0.25, -0.2) is 15.0 Å². The van der Waals surface area contributed by atoms with Crippen molar-refractivity contribution in [3.8, 4) is 0 Å². The first-order valence-corrected chi connectivity index (χ1v) is 10.4. The second-order valence-corrected chi connectivity index (χ2v) is 7.92. The number of para-hydroxylation sites is 2. The molecule has 3 aromatic heterocycles. The monoisotopic (exact) mass is 391 g/mol. The van der Waals surface area contributed by atoms with Crippen LogP contribution in [0.3, 0.4) is 0 Å². The molecule has 1 fully saturated rings. The zero-order valence-corrected chi connectivity index (χ0v) is 17.1. The van der Waals surface area contributed by atoms with Crippen LogP contribution in [0, 0.1) is 6.92 Å². The van der Waals surface area contributed by atoms with Crippen molar-refractivity contribution in [1.82, 2.24) is 24.1 Å². The predicted octanol–water partition coefficient (Wildman–Crippen LogP) is 3.75. The Morgan fingerprint density at radius 2 is 1.93 bits per heavy atom. The Kier molecular flexibility index (Phi) is 4.35. The summed E-state index contributed by atoms with van der Waals surface area (Å²) in [4.78, 5) is 28.1. The second-order valence-electron chi connectivity index (χ2n) is 7.92. The maximum Gasteiger partial charge on any atom is 0.265 e. The van der Waals surface area contributed by atoms with Gasteiger partial charge in [0.15, 0.2) is 11.3 Å². The van der Waals surface area contributed by atoms with Crippen molar-refractivity contribution in [3.05, 3.63) is 40.4 Å². The summed E-state index contributed by atoms with van der Waals surface area (Å²) in [5.41, 5.74) is 3.56. The van der Waals surface area contributed by atoms with Gasteiger partial charge in [-0.3, -0.25) is 9.36 Å². The smallest absolute Gasteiger partial charge is 0.265 e. The van der Waals surface area contributed by atoms with Crippen LogP contribution in [0.2, 0.25) is 0 Å². The molecule has 1 saturated heterocycles. The van der Waals surface area contributed by atoms with Crippen molar-refractivity contribution < 1.29 is 4.74 Å². The van der Waals surface area contributed by atoms with Gasteiger partial charge in [-0.2, -0.15) is 0 Å². The standard InChI is InChI=1S/C22H25N5O2/c1-4-13(2)27-14(3)23-20-18(22(27)28)19-21(26(20)12-15-8-7-11-29-15)25-17-10-6-5-9-16(17)24-19/h5-6,9-10,13,15H,4,7-8,11-12H2,1-3H3/t13-,15-/m0/s1. The molecular weight excluding hydrogens is 366 g/mol. The molecule has 0 spiro atoms. The summed E-state index contributed by atoms with van der Waals surface area (Å²) in [6.45, 7) is 7.44. The topological polar surface area (TPSA) is 74.8 Å². The molecule has 0 aliphatic carbocycles. The average molecular weight is 391 g/mol. The van der Waals surface area contributed by atoms with Gasteiger partial charge in [0.05, 0.1) is 23.7 Å². The highest BCUT2D eigenvalue weighted by atomic mass is 16.5. The van der Waals surface area contributed by atoms with E-state index in [2.05, 4.69) is 13.8 Å². The third-order valence-electron chi connectivity index (χ3n) is 6.01. The van der Waals surface area contributed by atoms with Crippen LogP contribution in [-0.4, -0.2) is 36.8 Å². The van der Waals surface area contributed by atoms with Crippen LogP contribution in [0.25, 0.3) is 33.2 Å². The van der Waals surface area contributed by atoms with Crippen molar-refractivity contribution in [3.63, 3.8) is 0 Å². The van der Waals surface area contributed by atoms with Gasteiger partial charge in [0, 0.05) is 12.6 Å². The number of rotatable bonds is 4. The number of benzene rings is 1. The lowest BCUT2D eigenvalue weighted by molar-refractivity contribution is 0.0986. The number of nitrogens with zero attached hydrogens (tertiary/aromatic N) is 5. The highest BCUT2D eigenvalue weighted by Crippen LogP contribution is 2.28. The summed E-state index contributed by atoms with van der Waals surface area (Å²) in [5.74, 6) is 0.720. The lowest BCUT2D eigenvalue weighted by Gasteiger charge is -2.16. The van der Waals surface area contributed by atoms with Crippen LogP contribution in [0.1, 0.15) is 45.0 Å². The molecular formula is C22H25N5O2. The summed E-state index contributed by atoms with van der Waals surface area (Å²) in [5, 5.41) is 0.558. The van der Waals surface area contributed by atoms with E-state index in [0.29, 0.717) is 28.7 Å². The SMILES string of the molecule is CC[C@H](C)n1c(C)nc2c(c1=O)c1nc3ccccc3nc1n2C[C@@H]1CCCO1. The summed E-state index contributed by atoms with van der Waals surface area (Å²) in [6.07, 6.45) is 3.03. The third kappa shape index (κ3) is 2.83. The molecule has 1 aromatic carbocycles. The van der Waals surface area contributed by atoms with Crippen LogP contribution < -0.4 is 5.56 Å². The fourth-order valence-electron chi connectivity index (χ4n) is 4.34. The lowest BCUT2D eigenvalue weighted by atomic mass is 10.2. The molecule has 0 saturated carbocycles. The zero-order valence-electron chi connectivity index (χ0n) is 17.1. The summed E-state index contributed by atoms with van der Waals surface area (Å²) in [6, 6.07) is 7.85. The van der Waals surface area contributed by atoms with Crippen LogP contribution in [0.15, 0.2) is 29.1 Å². The van der Waals surface area contributed by atoms with E-state index in [4.69, 9.17) is 19.7 Å². The van der Waals surface area contributed by atoms with E-state index >= 15 is 0 Å². The molecule has 0 N–H and O–H groups in total. The quantitative estimate of drug-likeness (QED) is 0.530. The minimum atomic E-state index is -0.0393. The Morgan fingerprint density at radius 1 is 1.17 bits per heavy atom. The summed E-state index contributed by atoms with van der Waals surface area (Å²) in [7, 11) is 0. The third-order valence-corrected chi connectivity index (χ3v) is 6.01. The maximum atomic E-state index is 13.6. The minimum Gasteiger partial charge on any atom is -0.376 e. The number of ether oxygens (including phenoxy) is 1. The van der Waals surface area contributed by atoms with E-state index in [9.17, 15) is 4.79 Å². The lowest BCUT2D eigenvalue weighted by Crippen LogP contribution is -2.27. The summed E-state index contributed by atoms with van der Waals surface area (Å²) >= 11 is 0. The van der Waals surface area contributed by atoms with E-state index in [1.54, 1.807) is 4.57 Å². The number of hydrogen-bond acceptors (Lipinski definition) is 5. The molecule has 1 aliphatic heterocycles. The molecule has 0 amide bonds. The number of aromatic nitrogens is 5. The van der Waals surface area contributed by atoms with Gasteiger partial charge in [0.1, 0.15) is 16.7 Å². The maximum absolute atomic E-state index is 13.6. The normalized spacial score (nSPS) is 18.2. The first kappa shape index (κ1) is 18.2. The fraction of sp³-hybridized carbons (Fsp3) is 0.455. The second kappa shape index (κ2) is 6.91.